The predicted molar refractivity (Wildman–Crippen MR) is 127 cm³/mol. The van der Waals surface area contributed by atoms with Crippen LogP contribution >= 0.6 is 23.1 Å². The van der Waals surface area contributed by atoms with Crippen molar-refractivity contribution in [3.8, 4) is 0 Å². The van der Waals surface area contributed by atoms with Crippen LogP contribution in [0, 0.1) is 0 Å². The molecule has 0 saturated carbocycles. The molecule has 0 saturated heterocycles. The van der Waals surface area contributed by atoms with E-state index >= 15 is 0 Å². The van der Waals surface area contributed by atoms with E-state index in [4.69, 9.17) is 0 Å². The average molecular weight is 445 g/mol. The molecule has 3 aromatic carbocycles. The molecule has 0 aliphatic rings. The van der Waals surface area contributed by atoms with Crippen molar-refractivity contribution in [1.82, 2.24) is 19.9 Å². The van der Waals surface area contributed by atoms with Gasteiger partial charge in [0.1, 0.15) is 0 Å². The highest BCUT2D eigenvalue weighted by Crippen LogP contribution is 2.29. The summed E-state index contributed by atoms with van der Waals surface area (Å²) in [5.74, 6) is 0.379. The maximum absolute atomic E-state index is 12.2. The molecule has 5 aromatic rings. The van der Waals surface area contributed by atoms with Gasteiger partial charge in [0.15, 0.2) is 4.34 Å². The van der Waals surface area contributed by atoms with E-state index in [1.807, 2.05) is 42.7 Å². The summed E-state index contributed by atoms with van der Waals surface area (Å²) in [6.07, 6.45) is 1.88. The number of rotatable bonds is 7. The number of thiazole rings is 1. The fraction of sp³-hybridized carbons (Fsp3) is 0.125. The number of carbonyl (C=O) groups excluding carboxylic acids is 1. The van der Waals surface area contributed by atoms with Crippen molar-refractivity contribution in [1.29, 1.82) is 0 Å². The van der Waals surface area contributed by atoms with E-state index in [9.17, 15) is 4.79 Å². The Morgan fingerprint density at radius 3 is 2.52 bits per heavy atom. The Kier molecular flexibility index (Phi) is 5.69. The van der Waals surface area contributed by atoms with E-state index < -0.39 is 0 Å². The molecule has 0 atom stereocenters. The van der Waals surface area contributed by atoms with Crippen molar-refractivity contribution in [3.63, 3.8) is 0 Å². The number of imidazole rings is 1. The molecule has 2 aromatic heterocycles. The van der Waals surface area contributed by atoms with Crippen molar-refractivity contribution >= 4 is 50.3 Å². The van der Waals surface area contributed by atoms with E-state index in [0.29, 0.717) is 12.3 Å². The fourth-order valence-corrected chi connectivity index (χ4v) is 5.29. The first kappa shape index (κ1) is 19.8. The fourth-order valence-electron chi connectivity index (χ4n) is 3.39. The lowest BCUT2D eigenvalue weighted by Gasteiger charge is -2.08. The smallest absolute Gasteiger partial charge is 0.230 e. The average Bonchev–Trinajstić information content (AvgIpc) is 3.41. The van der Waals surface area contributed by atoms with Crippen LogP contribution < -0.4 is 5.32 Å². The number of fused-ring (bicyclic) bond motifs is 2. The molecular formula is C24H20N4OS2. The Hall–Kier alpha value is -3.16. The number of nitrogens with zero attached hydrogens (tertiary/aromatic N) is 3. The number of carbonyl (C=O) groups is 1. The molecule has 0 fully saturated rings. The largest absolute Gasteiger partial charge is 0.351 e. The van der Waals surface area contributed by atoms with E-state index in [0.717, 1.165) is 37.7 Å². The van der Waals surface area contributed by atoms with Gasteiger partial charge in [-0.2, -0.15) is 0 Å². The number of aromatic nitrogens is 3. The number of benzene rings is 3. The zero-order chi connectivity index (χ0) is 21.0. The zero-order valence-corrected chi connectivity index (χ0v) is 18.3. The van der Waals surface area contributed by atoms with Crippen LogP contribution in [0.4, 0.5) is 0 Å². The van der Waals surface area contributed by atoms with Crippen LogP contribution in [0.3, 0.4) is 0 Å². The van der Waals surface area contributed by atoms with Crippen molar-refractivity contribution in [3.05, 3.63) is 90.3 Å². The number of hydrogen-bond acceptors (Lipinski definition) is 5. The summed E-state index contributed by atoms with van der Waals surface area (Å²) in [7, 11) is 0. The molecule has 0 unspecified atom stereocenters. The molecule has 0 bridgehead atoms. The molecular weight excluding hydrogens is 424 g/mol. The SMILES string of the molecule is O=C(CSc1nc2ccccc2s1)NCc1ccc(Cn2cnc3ccccc32)cc1. The normalized spacial score (nSPS) is 11.2. The maximum atomic E-state index is 12.2. The second-order valence-corrected chi connectivity index (χ2v) is 9.44. The number of thioether (sulfide) groups is 1. The number of nitrogens with one attached hydrogen (secondary N) is 1. The summed E-state index contributed by atoms with van der Waals surface area (Å²) in [6, 6.07) is 24.5. The minimum absolute atomic E-state index is 0.0122. The van der Waals surface area contributed by atoms with Crippen molar-refractivity contribution in [2.24, 2.45) is 0 Å². The summed E-state index contributed by atoms with van der Waals surface area (Å²) in [5, 5.41) is 2.99. The molecule has 7 heteroatoms. The highest BCUT2D eigenvalue weighted by Gasteiger charge is 2.08. The Labute approximate surface area is 188 Å². The highest BCUT2D eigenvalue weighted by atomic mass is 32.2. The molecule has 0 radical (unpaired) electrons. The molecule has 0 spiro atoms. The Bertz CT molecular complexity index is 1310. The van der Waals surface area contributed by atoms with Gasteiger partial charge in [-0.05, 0) is 35.4 Å². The molecule has 1 N–H and O–H groups in total. The van der Waals surface area contributed by atoms with Crippen LogP contribution in [0.2, 0.25) is 0 Å². The highest BCUT2D eigenvalue weighted by molar-refractivity contribution is 8.01. The lowest BCUT2D eigenvalue weighted by molar-refractivity contribution is -0.118. The van der Waals surface area contributed by atoms with Gasteiger partial charge >= 0.3 is 0 Å². The van der Waals surface area contributed by atoms with Crippen molar-refractivity contribution in [2.75, 3.05) is 5.75 Å². The Morgan fingerprint density at radius 1 is 0.935 bits per heavy atom. The lowest BCUT2D eigenvalue weighted by atomic mass is 10.1. The number of para-hydroxylation sites is 3. The van der Waals surface area contributed by atoms with Gasteiger partial charge in [0.2, 0.25) is 5.91 Å². The number of hydrogen-bond donors (Lipinski definition) is 1. The van der Waals surface area contributed by atoms with Gasteiger partial charge in [-0.25, -0.2) is 9.97 Å². The number of amides is 1. The summed E-state index contributed by atoms with van der Waals surface area (Å²) < 4.78 is 4.22. The van der Waals surface area contributed by atoms with Gasteiger partial charge in [0, 0.05) is 13.1 Å². The molecule has 1 amide bonds. The van der Waals surface area contributed by atoms with Crippen LogP contribution in [-0.2, 0) is 17.9 Å². The third-order valence-corrected chi connectivity index (χ3v) is 7.17. The maximum Gasteiger partial charge on any atom is 0.230 e. The Balaban J connectivity index is 1.13. The van der Waals surface area contributed by atoms with E-state index in [1.165, 1.54) is 17.3 Å². The molecule has 5 nitrogen and oxygen atoms in total. The first-order valence-electron chi connectivity index (χ1n) is 9.97. The topological polar surface area (TPSA) is 59.8 Å². The van der Waals surface area contributed by atoms with Gasteiger partial charge in [0.05, 0.1) is 33.3 Å². The van der Waals surface area contributed by atoms with Crippen molar-refractivity contribution < 1.29 is 4.79 Å². The first-order valence-corrected chi connectivity index (χ1v) is 11.8. The minimum atomic E-state index is 0.0122. The molecule has 154 valence electrons. The van der Waals surface area contributed by atoms with E-state index in [2.05, 4.69) is 56.3 Å². The van der Waals surface area contributed by atoms with Gasteiger partial charge in [-0.1, -0.05) is 60.3 Å². The van der Waals surface area contributed by atoms with Crippen LogP contribution in [0.15, 0.2) is 83.5 Å². The van der Waals surface area contributed by atoms with Crippen molar-refractivity contribution in [2.45, 2.75) is 17.4 Å². The second-order valence-electron chi connectivity index (χ2n) is 7.19. The first-order chi connectivity index (χ1) is 15.2. The molecule has 31 heavy (non-hydrogen) atoms. The molecule has 0 aliphatic heterocycles. The minimum Gasteiger partial charge on any atom is -0.351 e. The van der Waals surface area contributed by atoms with E-state index in [1.54, 1.807) is 11.3 Å². The quantitative estimate of drug-likeness (QED) is 0.355. The summed E-state index contributed by atoms with van der Waals surface area (Å²) >= 11 is 3.10. The Morgan fingerprint density at radius 2 is 1.68 bits per heavy atom. The van der Waals surface area contributed by atoms with Gasteiger partial charge in [-0.3, -0.25) is 4.79 Å². The standard InChI is InChI=1S/C24H20N4OS2/c29-23(15-30-24-27-20-6-2-4-8-22(20)31-24)25-13-17-9-11-18(12-10-17)14-28-16-26-19-5-1-3-7-21(19)28/h1-12,16H,13-15H2,(H,25,29). The third-order valence-electron chi connectivity index (χ3n) is 4.99. The van der Waals surface area contributed by atoms with Gasteiger partial charge in [0.25, 0.3) is 0 Å². The lowest BCUT2D eigenvalue weighted by Crippen LogP contribution is -2.24. The zero-order valence-electron chi connectivity index (χ0n) is 16.7. The predicted octanol–water partition coefficient (Wildman–Crippen LogP) is 5.10. The monoisotopic (exact) mass is 444 g/mol. The summed E-state index contributed by atoms with van der Waals surface area (Å²) in [4.78, 5) is 21.2. The molecule has 5 rings (SSSR count). The van der Waals surface area contributed by atoms with Crippen LogP contribution in [0.5, 0.6) is 0 Å². The third kappa shape index (κ3) is 4.62. The van der Waals surface area contributed by atoms with Crippen LogP contribution in [0.25, 0.3) is 21.3 Å². The molecule has 2 heterocycles. The van der Waals surface area contributed by atoms with Gasteiger partial charge < -0.3 is 9.88 Å². The molecule has 0 aliphatic carbocycles. The summed E-state index contributed by atoms with van der Waals surface area (Å²) in [6.45, 7) is 1.29. The van der Waals surface area contributed by atoms with E-state index in [-0.39, 0.29) is 5.91 Å². The summed E-state index contributed by atoms with van der Waals surface area (Å²) in [5.41, 5.74) is 5.40. The van der Waals surface area contributed by atoms with Crippen LogP contribution in [-0.4, -0.2) is 26.2 Å². The second kappa shape index (κ2) is 8.91. The van der Waals surface area contributed by atoms with Gasteiger partial charge in [-0.15, -0.1) is 11.3 Å². The van der Waals surface area contributed by atoms with Crippen LogP contribution in [0.1, 0.15) is 11.1 Å².